The Hall–Kier alpha value is -3.40. The summed E-state index contributed by atoms with van der Waals surface area (Å²) in [6.45, 7) is 3.83. The van der Waals surface area contributed by atoms with Crippen molar-refractivity contribution in [3.63, 3.8) is 0 Å². The number of benzene rings is 2. The molecule has 4 rings (SSSR count). The number of carbonyl (C=O) groups excluding carboxylic acids is 3. The van der Waals surface area contributed by atoms with Crippen LogP contribution in [0.1, 0.15) is 53.6 Å². The van der Waals surface area contributed by atoms with E-state index in [4.69, 9.17) is 0 Å². The van der Waals surface area contributed by atoms with E-state index in [0.29, 0.717) is 18.5 Å². The molecular weight excluding hydrogens is 444 g/mol. The number of anilines is 1. The molecule has 174 valence electrons. The van der Waals surface area contributed by atoms with Gasteiger partial charge in [-0.05, 0) is 74.2 Å². The van der Waals surface area contributed by atoms with Crippen molar-refractivity contribution in [3.05, 3.63) is 59.2 Å². The van der Waals surface area contributed by atoms with Gasteiger partial charge in [-0.1, -0.05) is 25.3 Å². The van der Waals surface area contributed by atoms with Gasteiger partial charge in [0.15, 0.2) is 0 Å². The lowest BCUT2D eigenvalue weighted by atomic mass is 9.82. The largest absolute Gasteiger partial charge is 0.344 e. The molecule has 2 fully saturated rings. The van der Waals surface area contributed by atoms with Gasteiger partial charge in [-0.15, -0.1) is 0 Å². The summed E-state index contributed by atoms with van der Waals surface area (Å²) in [7, 11) is -3.85. The van der Waals surface area contributed by atoms with Gasteiger partial charge in [0.1, 0.15) is 5.54 Å². The van der Waals surface area contributed by atoms with E-state index < -0.39 is 33.4 Å². The predicted octanol–water partition coefficient (Wildman–Crippen LogP) is 3.00. The second-order valence-electron chi connectivity index (χ2n) is 8.58. The molecule has 2 aliphatic rings. The average Bonchev–Trinajstić information content (AvgIpc) is 3.00. The van der Waals surface area contributed by atoms with E-state index in [1.807, 2.05) is 19.9 Å². The maximum atomic E-state index is 12.8. The van der Waals surface area contributed by atoms with Gasteiger partial charge in [0, 0.05) is 11.3 Å². The highest BCUT2D eigenvalue weighted by molar-refractivity contribution is 7.92. The summed E-state index contributed by atoms with van der Waals surface area (Å²) in [6, 6.07) is 9.85. The van der Waals surface area contributed by atoms with E-state index in [2.05, 4.69) is 15.5 Å². The van der Waals surface area contributed by atoms with Crippen molar-refractivity contribution in [1.29, 1.82) is 0 Å². The Labute approximate surface area is 192 Å². The molecule has 33 heavy (non-hydrogen) atoms. The molecule has 0 aromatic heterocycles. The first-order valence-corrected chi connectivity index (χ1v) is 12.3. The zero-order valence-corrected chi connectivity index (χ0v) is 19.3. The predicted molar refractivity (Wildman–Crippen MR) is 122 cm³/mol. The molecule has 1 spiro atoms. The van der Waals surface area contributed by atoms with Crippen molar-refractivity contribution in [3.8, 4) is 0 Å². The van der Waals surface area contributed by atoms with Gasteiger partial charge in [0.25, 0.3) is 21.8 Å². The number of sulfonamides is 1. The van der Waals surface area contributed by atoms with E-state index in [1.165, 1.54) is 24.3 Å². The number of hydrogen-bond donors (Lipinski definition) is 3. The van der Waals surface area contributed by atoms with Crippen molar-refractivity contribution >= 4 is 33.6 Å². The number of nitrogens with zero attached hydrogens (tertiary/aromatic N) is 1. The number of hydrazine groups is 1. The molecule has 0 atom stereocenters. The lowest BCUT2D eigenvalue weighted by Gasteiger charge is -2.30. The topological polar surface area (TPSA) is 125 Å². The van der Waals surface area contributed by atoms with Crippen LogP contribution in [0, 0.1) is 13.8 Å². The minimum Gasteiger partial charge on any atom is -0.322 e. The zero-order valence-electron chi connectivity index (χ0n) is 18.5. The van der Waals surface area contributed by atoms with Gasteiger partial charge >= 0.3 is 6.03 Å². The number of nitrogens with one attached hydrogen (secondary N) is 3. The minimum absolute atomic E-state index is 0.0200. The molecule has 9 nitrogen and oxygen atoms in total. The molecule has 1 heterocycles. The smallest absolute Gasteiger partial charge is 0.322 e. The van der Waals surface area contributed by atoms with Crippen LogP contribution in [0.25, 0.3) is 0 Å². The molecule has 2 aromatic rings. The third-order valence-electron chi connectivity index (χ3n) is 6.27. The van der Waals surface area contributed by atoms with Crippen molar-refractivity contribution in [2.45, 2.75) is 56.4 Å². The van der Waals surface area contributed by atoms with Crippen LogP contribution < -0.4 is 15.5 Å². The first-order valence-electron chi connectivity index (χ1n) is 10.8. The van der Waals surface area contributed by atoms with Crippen LogP contribution in [0.4, 0.5) is 10.5 Å². The van der Waals surface area contributed by atoms with Gasteiger partial charge < -0.3 is 5.32 Å². The number of hydrogen-bond acceptors (Lipinski definition) is 5. The second-order valence-corrected chi connectivity index (χ2v) is 10.3. The molecule has 0 unspecified atom stereocenters. The molecule has 3 N–H and O–H groups in total. The molecule has 1 saturated heterocycles. The SMILES string of the molecule is Cc1ccc(NS(=O)(=O)c2ccc(C(=O)NN3C(=O)NC4(CCCCC4)C3=O)cc2)cc1C. The normalized spacial score (nSPS) is 17.7. The third-order valence-corrected chi connectivity index (χ3v) is 7.67. The molecule has 10 heteroatoms. The van der Waals surface area contributed by atoms with Crippen LogP contribution >= 0.6 is 0 Å². The Kier molecular flexibility index (Phi) is 5.87. The molecule has 0 bridgehead atoms. The van der Waals surface area contributed by atoms with E-state index in [0.717, 1.165) is 35.4 Å². The van der Waals surface area contributed by atoms with Crippen LogP contribution in [-0.2, 0) is 14.8 Å². The first-order chi connectivity index (χ1) is 15.6. The average molecular weight is 471 g/mol. The summed E-state index contributed by atoms with van der Waals surface area (Å²) in [4.78, 5) is 37.7. The second kappa shape index (κ2) is 8.51. The molecule has 1 aliphatic carbocycles. The fourth-order valence-corrected chi connectivity index (χ4v) is 5.24. The van der Waals surface area contributed by atoms with E-state index in [1.54, 1.807) is 12.1 Å². The Morgan fingerprint density at radius 1 is 0.970 bits per heavy atom. The highest BCUT2D eigenvalue weighted by Gasteiger charge is 2.52. The zero-order chi connectivity index (χ0) is 23.8. The summed E-state index contributed by atoms with van der Waals surface area (Å²) in [5.41, 5.74) is 3.96. The minimum atomic E-state index is -3.85. The number of imide groups is 1. The van der Waals surface area contributed by atoms with Gasteiger partial charge in [0.2, 0.25) is 0 Å². The number of urea groups is 1. The maximum absolute atomic E-state index is 12.8. The summed E-state index contributed by atoms with van der Waals surface area (Å²) in [5.74, 6) is -1.14. The van der Waals surface area contributed by atoms with Crippen molar-refractivity contribution in [2.75, 3.05) is 4.72 Å². The quantitative estimate of drug-likeness (QED) is 0.580. The third kappa shape index (κ3) is 4.43. The number of aryl methyl sites for hydroxylation is 2. The van der Waals surface area contributed by atoms with Crippen LogP contribution in [0.15, 0.2) is 47.4 Å². The van der Waals surface area contributed by atoms with Gasteiger partial charge in [-0.25, -0.2) is 13.2 Å². The lowest BCUT2D eigenvalue weighted by Crippen LogP contribution is -2.50. The summed E-state index contributed by atoms with van der Waals surface area (Å²) in [5, 5.41) is 3.44. The molecule has 1 saturated carbocycles. The van der Waals surface area contributed by atoms with Crippen molar-refractivity contribution < 1.29 is 22.8 Å². The molecule has 1 aliphatic heterocycles. The molecule has 2 aromatic carbocycles. The standard InChI is InChI=1S/C23H26N4O5S/c1-15-6-9-18(14-16(15)2)26-33(31,32)19-10-7-17(8-11-19)20(28)25-27-21(29)23(24-22(27)30)12-4-3-5-13-23/h6-11,14,26H,3-5,12-13H2,1-2H3,(H,24,30)(H,25,28). The highest BCUT2D eigenvalue weighted by atomic mass is 32.2. The van der Waals surface area contributed by atoms with Gasteiger partial charge in [0.05, 0.1) is 4.90 Å². The fraction of sp³-hybridized carbons (Fsp3) is 0.348. The Morgan fingerprint density at radius 2 is 1.64 bits per heavy atom. The number of rotatable bonds is 5. The van der Waals surface area contributed by atoms with Crippen LogP contribution in [0.3, 0.4) is 0 Å². The summed E-state index contributed by atoms with van der Waals surface area (Å²) >= 11 is 0. The van der Waals surface area contributed by atoms with Crippen molar-refractivity contribution in [1.82, 2.24) is 15.8 Å². The molecule has 4 amide bonds. The van der Waals surface area contributed by atoms with E-state index >= 15 is 0 Å². The lowest BCUT2D eigenvalue weighted by molar-refractivity contribution is -0.134. The molecular formula is C23H26N4O5S. The summed E-state index contributed by atoms with van der Waals surface area (Å²) < 4.78 is 27.9. The van der Waals surface area contributed by atoms with Crippen molar-refractivity contribution in [2.24, 2.45) is 0 Å². The number of carbonyl (C=O) groups is 3. The van der Waals surface area contributed by atoms with E-state index in [-0.39, 0.29) is 10.5 Å². The summed E-state index contributed by atoms with van der Waals surface area (Å²) in [6.07, 6.45) is 3.76. The van der Waals surface area contributed by atoms with Gasteiger partial charge in [-0.2, -0.15) is 5.01 Å². The number of amides is 4. The van der Waals surface area contributed by atoms with Crippen LogP contribution in [-0.4, -0.2) is 36.8 Å². The highest BCUT2D eigenvalue weighted by Crippen LogP contribution is 2.33. The monoisotopic (exact) mass is 470 g/mol. The van der Waals surface area contributed by atoms with Crippen LogP contribution in [0.2, 0.25) is 0 Å². The Balaban J connectivity index is 1.45. The molecule has 0 radical (unpaired) electrons. The first kappa shape index (κ1) is 22.8. The Bertz CT molecular complexity index is 1220. The maximum Gasteiger partial charge on any atom is 0.344 e. The van der Waals surface area contributed by atoms with Gasteiger partial charge in [-0.3, -0.25) is 19.7 Å². The van der Waals surface area contributed by atoms with E-state index in [9.17, 15) is 22.8 Å². The Morgan fingerprint density at radius 3 is 2.27 bits per heavy atom. The van der Waals surface area contributed by atoms with Crippen LogP contribution in [0.5, 0.6) is 0 Å². The fourth-order valence-electron chi connectivity index (χ4n) is 4.19.